The molecule has 2 rings (SSSR count). The molecular weight excluding hydrogens is 308 g/mol. The van der Waals surface area contributed by atoms with Crippen LogP contribution in [-0.2, 0) is 4.79 Å². The standard InChI is InChI=1S/C14H12N2O5S/c17-10-7-5-9(6-8-10)13(14(18)19)15-22-12-4-2-1-3-11(12)16(20)21/h1-8,13,15,17H,(H,18,19). The largest absolute Gasteiger partial charge is 0.508 e. The molecule has 3 N–H and O–H groups in total. The molecule has 0 aromatic heterocycles. The lowest BCUT2D eigenvalue weighted by Gasteiger charge is -2.14. The zero-order valence-electron chi connectivity index (χ0n) is 11.2. The Morgan fingerprint density at radius 1 is 1.18 bits per heavy atom. The number of carboxylic acid groups (broad SMARTS) is 1. The summed E-state index contributed by atoms with van der Waals surface area (Å²) >= 11 is 0.876. The fourth-order valence-electron chi connectivity index (χ4n) is 1.74. The number of phenolic OH excluding ortho intramolecular Hbond substituents is 1. The first kappa shape index (κ1) is 15.8. The Kier molecular flexibility index (Phi) is 4.97. The van der Waals surface area contributed by atoms with Crippen molar-refractivity contribution in [2.24, 2.45) is 0 Å². The zero-order valence-corrected chi connectivity index (χ0v) is 12.0. The van der Waals surface area contributed by atoms with E-state index in [4.69, 9.17) is 0 Å². The number of aromatic hydroxyl groups is 1. The summed E-state index contributed by atoms with van der Waals surface area (Å²) in [6.45, 7) is 0. The SMILES string of the molecule is O=C(O)C(NSc1ccccc1[N+](=O)[O-])c1ccc(O)cc1. The number of aliphatic carboxylic acids is 1. The number of para-hydroxylation sites is 1. The Bertz CT molecular complexity index is 690. The highest BCUT2D eigenvalue weighted by Gasteiger charge is 2.21. The van der Waals surface area contributed by atoms with Crippen LogP contribution in [0.5, 0.6) is 5.75 Å². The van der Waals surface area contributed by atoms with Crippen LogP contribution < -0.4 is 4.72 Å². The highest BCUT2D eigenvalue weighted by molar-refractivity contribution is 7.97. The minimum atomic E-state index is -1.13. The normalized spacial score (nSPS) is 11.8. The number of nitrogens with one attached hydrogen (secondary N) is 1. The van der Waals surface area contributed by atoms with Crippen molar-refractivity contribution >= 4 is 23.6 Å². The summed E-state index contributed by atoms with van der Waals surface area (Å²) in [7, 11) is 0. The summed E-state index contributed by atoms with van der Waals surface area (Å²) in [6, 6.07) is 10.7. The van der Waals surface area contributed by atoms with Gasteiger partial charge in [-0.25, -0.2) is 4.72 Å². The lowest BCUT2D eigenvalue weighted by Crippen LogP contribution is -2.23. The van der Waals surface area contributed by atoms with Crippen LogP contribution in [0.2, 0.25) is 0 Å². The van der Waals surface area contributed by atoms with Gasteiger partial charge in [-0.15, -0.1) is 0 Å². The molecule has 0 aliphatic carbocycles. The lowest BCUT2D eigenvalue weighted by atomic mass is 10.1. The maximum absolute atomic E-state index is 11.4. The number of hydrogen-bond acceptors (Lipinski definition) is 6. The van der Waals surface area contributed by atoms with E-state index in [2.05, 4.69) is 4.72 Å². The molecule has 22 heavy (non-hydrogen) atoms. The number of carboxylic acids is 1. The number of hydrogen-bond donors (Lipinski definition) is 3. The molecule has 7 nitrogen and oxygen atoms in total. The molecule has 0 fully saturated rings. The van der Waals surface area contributed by atoms with Gasteiger partial charge < -0.3 is 10.2 Å². The fourth-order valence-corrected chi connectivity index (χ4v) is 2.62. The molecule has 114 valence electrons. The molecule has 0 amide bonds. The molecule has 8 heteroatoms. The molecule has 2 aromatic carbocycles. The van der Waals surface area contributed by atoms with Gasteiger partial charge in [0.05, 0.1) is 4.92 Å². The van der Waals surface area contributed by atoms with Gasteiger partial charge in [0, 0.05) is 6.07 Å². The highest BCUT2D eigenvalue weighted by atomic mass is 32.2. The quantitative estimate of drug-likeness (QED) is 0.426. The molecule has 0 aliphatic heterocycles. The molecule has 1 atom stereocenters. The Morgan fingerprint density at radius 2 is 1.82 bits per heavy atom. The summed E-state index contributed by atoms with van der Waals surface area (Å²) < 4.78 is 2.70. The van der Waals surface area contributed by atoms with E-state index in [0.29, 0.717) is 10.5 Å². The molecule has 0 saturated heterocycles. The van der Waals surface area contributed by atoms with E-state index >= 15 is 0 Å². The third-order valence-electron chi connectivity index (χ3n) is 2.82. The summed E-state index contributed by atoms with van der Waals surface area (Å²) in [4.78, 5) is 22.1. The number of nitrogens with zero attached hydrogens (tertiary/aromatic N) is 1. The number of rotatable bonds is 6. The van der Waals surface area contributed by atoms with Crippen molar-refractivity contribution in [2.45, 2.75) is 10.9 Å². The second-order valence-electron chi connectivity index (χ2n) is 4.31. The number of nitro groups is 1. The third-order valence-corrected chi connectivity index (χ3v) is 3.74. The van der Waals surface area contributed by atoms with Crippen LogP contribution in [0.4, 0.5) is 5.69 Å². The number of benzene rings is 2. The Morgan fingerprint density at radius 3 is 2.41 bits per heavy atom. The second-order valence-corrected chi connectivity index (χ2v) is 5.19. The summed E-state index contributed by atoms with van der Waals surface area (Å²) in [5.41, 5.74) is 0.325. The summed E-state index contributed by atoms with van der Waals surface area (Å²) in [6.07, 6.45) is 0. The minimum absolute atomic E-state index is 0.0271. The Balaban J connectivity index is 2.18. The molecule has 0 heterocycles. The first-order valence-electron chi connectivity index (χ1n) is 6.16. The number of carbonyl (C=O) groups is 1. The van der Waals surface area contributed by atoms with Crippen molar-refractivity contribution < 1.29 is 19.9 Å². The Labute approximate surface area is 129 Å². The first-order valence-corrected chi connectivity index (χ1v) is 6.98. The van der Waals surface area contributed by atoms with Crippen LogP contribution in [0.15, 0.2) is 53.4 Å². The average molecular weight is 320 g/mol. The minimum Gasteiger partial charge on any atom is -0.508 e. The van der Waals surface area contributed by atoms with E-state index in [1.165, 1.54) is 42.5 Å². The van der Waals surface area contributed by atoms with Gasteiger partial charge in [-0.1, -0.05) is 24.3 Å². The molecule has 2 aromatic rings. The maximum atomic E-state index is 11.4. The van der Waals surface area contributed by atoms with Gasteiger partial charge in [-0.2, -0.15) is 0 Å². The van der Waals surface area contributed by atoms with E-state index in [-0.39, 0.29) is 11.4 Å². The van der Waals surface area contributed by atoms with Crippen LogP contribution >= 0.6 is 11.9 Å². The zero-order chi connectivity index (χ0) is 16.1. The smallest absolute Gasteiger partial charge is 0.326 e. The van der Waals surface area contributed by atoms with Gasteiger partial charge in [0.1, 0.15) is 16.7 Å². The van der Waals surface area contributed by atoms with E-state index in [0.717, 1.165) is 11.9 Å². The van der Waals surface area contributed by atoms with Crippen LogP contribution in [0.1, 0.15) is 11.6 Å². The number of phenols is 1. The van der Waals surface area contributed by atoms with Gasteiger partial charge in [-0.3, -0.25) is 14.9 Å². The van der Waals surface area contributed by atoms with E-state index in [9.17, 15) is 25.1 Å². The Hall–Kier alpha value is -2.58. The van der Waals surface area contributed by atoms with Gasteiger partial charge in [0.25, 0.3) is 5.69 Å². The van der Waals surface area contributed by atoms with Crippen molar-refractivity contribution in [3.63, 3.8) is 0 Å². The van der Waals surface area contributed by atoms with E-state index in [1.54, 1.807) is 6.07 Å². The molecule has 1 unspecified atom stereocenters. The van der Waals surface area contributed by atoms with Crippen LogP contribution in [-0.4, -0.2) is 21.1 Å². The van der Waals surface area contributed by atoms with Crippen LogP contribution in [0, 0.1) is 10.1 Å². The third kappa shape index (κ3) is 3.74. The van der Waals surface area contributed by atoms with Gasteiger partial charge in [0.2, 0.25) is 0 Å². The van der Waals surface area contributed by atoms with Gasteiger partial charge >= 0.3 is 5.97 Å². The maximum Gasteiger partial charge on any atom is 0.326 e. The fraction of sp³-hybridized carbons (Fsp3) is 0.0714. The van der Waals surface area contributed by atoms with Gasteiger partial charge in [-0.05, 0) is 35.7 Å². The molecule has 0 spiro atoms. The summed E-state index contributed by atoms with van der Waals surface area (Å²) in [5.74, 6) is -1.10. The molecular formula is C14H12N2O5S. The van der Waals surface area contributed by atoms with Crippen molar-refractivity contribution in [3.8, 4) is 5.75 Å². The average Bonchev–Trinajstić information content (AvgIpc) is 2.49. The monoisotopic (exact) mass is 320 g/mol. The van der Waals surface area contributed by atoms with Gasteiger partial charge in [0.15, 0.2) is 0 Å². The summed E-state index contributed by atoms with van der Waals surface area (Å²) in [5, 5.41) is 29.4. The van der Waals surface area contributed by atoms with E-state index in [1.807, 2.05) is 0 Å². The first-order chi connectivity index (χ1) is 10.5. The molecule has 0 bridgehead atoms. The molecule has 0 saturated carbocycles. The predicted octanol–water partition coefficient (Wildman–Crippen LogP) is 2.72. The topological polar surface area (TPSA) is 113 Å². The number of nitro benzene ring substituents is 1. The predicted molar refractivity (Wildman–Crippen MR) is 80.6 cm³/mol. The van der Waals surface area contributed by atoms with Crippen molar-refractivity contribution in [1.29, 1.82) is 0 Å². The highest BCUT2D eigenvalue weighted by Crippen LogP contribution is 2.29. The van der Waals surface area contributed by atoms with Crippen LogP contribution in [0.3, 0.4) is 0 Å². The molecule has 0 aliphatic rings. The second kappa shape index (κ2) is 6.92. The van der Waals surface area contributed by atoms with E-state index < -0.39 is 16.9 Å². The lowest BCUT2D eigenvalue weighted by molar-refractivity contribution is -0.387. The molecule has 0 radical (unpaired) electrons. The van der Waals surface area contributed by atoms with Crippen molar-refractivity contribution in [1.82, 2.24) is 4.72 Å². The van der Waals surface area contributed by atoms with Crippen molar-refractivity contribution in [2.75, 3.05) is 0 Å². The van der Waals surface area contributed by atoms with Crippen molar-refractivity contribution in [3.05, 3.63) is 64.2 Å². The van der Waals surface area contributed by atoms with Crippen LogP contribution in [0.25, 0.3) is 0 Å².